The summed E-state index contributed by atoms with van der Waals surface area (Å²) in [5.74, 6) is 0.129. The lowest BCUT2D eigenvalue weighted by Gasteiger charge is -2.14. The molecule has 0 bridgehead atoms. The van der Waals surface area contributed by atoms with Crippen LogP contribution in [0, 0.1) is 17.0 Å². The summed E-state index contributed by atoms with van der Waals surface area (Å²) >= 11 is 1.32. The highest BCUT2D eigenvalue weighted by atomic mass is 32.2. The number of hydrogen-bond acceptors (Lipinski definition) is 5. The third-order valence-corrected chi connectivity index (χ3v) is 5.00. The van der Waals surface area contributed by atoms with E-state index < -0.39 is 4.92 Å². The van der Waals surface area contributed by atoms with Crippen molar-refractivity contribution in [3.8, 4) is 16.9 Å². The van der Waals surface area contributed by atoms with Gasteiger partial charge in [0.1, 0.15) is 0 Å². The third-order valence-electron chi connectivity index (χ3n) is 4.05. The van der Waals surface area contributed by atoms with E-state index in [1.165, 1.54) is 23.9 Å². The van der Waals surface area contributed by atoms with Gasteiger partial charge in [0.05, 0.1) is 28.3 Å². The van der Waals surface area contributed by atoms with E-state index in [1.54, 1.807) is 19.3 Å². The number of thioether (sulfide) groups is 1. The first-order valence-electron chi connectivity index (χ1n) is 8.23. The quantitative estimate of drug-likeness (QED) is 0.400. The number of imidazole rings is 1. The van der Waals surface area contributed by atoms with Gasteiger partial charge in [0, 0.05) is 24.7 Å². The van der Waals surface area contributed by atoms with E-state index in [-0.39, 0.29) is 17.3 Å². The highest BCUT2D eigenvalue weighted by molar-refractivity contribution is 7.99. The number of aromatic nitrogens is 2. The minimum atomic E-state index is -0.417. The number of rotatable bonds is 6. The summed E-state index contributed by atoms with van der Waals surface area (Å²) in [6, 6.07) is 14.3. The number of amides is 1. The van der Waals surface area contributed by atoms with Crippen LogP contribution in [0.2, 0.25) is 0 Å². The fourth-order valence-corrected chi connectivity index (χ4v) is 3.53. The molecule has 3 aromatic rings. The fraction of sp³-hybridized carbons (Fsp3) is 0.158. The van der Waals surface area contributed by atoms with Crippen LogP contribution < -0.4 is 5.32 Å². The summed E-state index contributed by atoms with van der Waals surface area (Å²) in [6.07, 6.45) is 1.68. The van der Waals surface area contributed by atoms with E-state index in [0.717, 1.165) is 16.9 Å². The molecule has 7 nitrogen and oxygen atoms in total. The lowest BCUT2D eigenvalue weighted by Crippen LogP contribution is -2.20. The fourth-order valence-electron chi connectivity index (χ4n) is 2.67. The second-order valence-corrected chi connectivity index (χ2v) is 6.76. The van der Waals surface area contributed by atoms with E-state index in [4.69, 9.17) is 0 Å². The van der Waals surface area contributed by atoms with Gasteiger partial charge in [0.15, 0.2) is 5.16 Å². The molecule has 0 radical (unpaired) electrons. The van der Waals surface area contributed by atoms with Crippen LogP contribution in [0.5, 0.6) is 0 Å². The predicted octanol–water partition coefficient (Wildman–Crippen LogP) is 3.59. The maximum Gasteiger partial charge on any atom is 0.270 e. The smallest absolute Gasteiger partial charge is 0.270 e. The van der Waals surface area contributed by atoms with Crippen LogP contribution in [0.15, 0.2) is 59.9 Å². The number of aryl methyl sites for hydroxylation is 1. The summed E-state index contributed by atoms with van der Waals surface area (Å²) in [5.41, 5.74) is 3.38. The molecule has 0 saturated carbocycles. The second-order valence-electron chi connectivity index (χ2n) is 5.82. The molecule has 1 amide bonds. The van der Waals surface area contributed by atoms with Crippen molar-refractivity contribution in [1.82, 2.24) is 14.9 Å². The maximum absolute atomic E-state index is 11.7. The van der Waals surface area contributed by atoms with E-state index in [9.17, 15) is 14.9 Å². The van der Waals surface area contributed by atoms with Crippen LogP contribution in [-0.4, -0.2) is 33.2 Å². The van der Waals surface area contributed by atoms with Crippen molar-refractivity contribution in [3.05, 3.63) is 70.4 Å². The van der Waals surface area contributed by atoms with Crippen molar-refractivity contribution in [1.29, 1.82) is 0 Å². The van der Waals surface area contributed by atoms with Gasteiger partial charge in [-0.2, -0.15) is 0 Å². The van der Waals surface area contributed by atoms with Gasteiger partial charge in [-0.15, -0.1) is 0 Å². The molecular weight excluding hydrogens is 364 g/mol. The van der Waals surface area contributed by atoms with E-state index in [1.807, 2.05) is 41.8 Å². The summed E-state index contributed by atoms with van der Waals surface area (Å²) in [5, 5.41) is 14.4. The molecule has 27 heavy (non-hydrogen) atoms. The van der Waals surface area contributed by atoms with Gasteiger partial charge in [0.2, 0.25) is 5.91 Å². The first-order valence-corrected chi connectivity index (χ1v) is 9.21. The molecule has 0 aliphatic carbocycles. The van der Waals surface area contributed by atoms with Crippen LogP contribution in [0.4, 0.5) is 5.69 Å². The highest BCUT2D eigenvalue weighted by Crippen LogP contribution is 2.32. The molecule has 2 aromatic carbocycles. The van der Waals surface area contributed by atoms with Crippen LogP contribution in [0.1, 0.15) is 5.56 Å². The molecule has 1 N–H and O–H groups in total. The number of non-ortho nitro benzene ring substituents is 1. The van der Waals surface area contributed by atoms with Gasteiger partial charge in [-0.3, -0.25) is 19.5 Å². The molecule has 0 atom stereocenters. The Morgan fingerprint density at radius 3 is 2.74 bits per heavy atom. The van der Waals surface area contributed by atoms with Gasteiger partial charge in [-0.25, -0.2) is 4.98 Å². The number of nitro benzene ring substituents is 1. The van der Waals surface area contributed by atoms with Gasteiger partial charge in [-0.1, -0.05) is 42.1 Å². The molecule has 138 valence electrons. The molecule has 1 heterocycles. The molecule has 0 spiro atoms. The average Bonchev–Trinajstić information content (AvgIpc) is 3.10. The summed E-state index contributed by atoms with van der Waals surface area (Å²) < 4.78 is 1.93. The van der Waals surface area contributed by atoms with Gasteiger partial charge in [-0.05, 0) is 18.6 Å². The Morgan fingerprint density at radius 1 is 1.26 bits per heavy atom. The van der Waals surface area contributed by atoms with E-state index in [2.05, 4.69) is 10.3 Å². The predicted molar refractivity (Wildman–Crippen MR) is 105 cm³/mol. The van der Waals surface area contributed by atoms with Crippen molar-refractivity contribution < 1.29 is 9.72 Å². The topological polar surface area (TPSA) is 90.1 Å². The number of carbonyl (C=O) groups is 1. The Morgan fingerprint density at radius 2 is 2.04 bits per heavy atom. The Hall–Kier alpha value is -3.13. The number of hydrogen-bond donors (Lipinski definition) is 1. The molecule has 0 aliphatic rings. The molecule has 0 saturated heterocycles. The zero-order chi connectivity index (χ0) is 19.4. The number of nitrogens with one attached hydrogen (secondary N) is 1. The lowest BCUT2D eigenvalue weighted by atomic mass is 10.1. The molecule has 3 rings (SSSR count). The van der Waals surface area contributed by atoms with E-state index in [0.29, 0.717) is 10.7 Å². The first kappa shape index (κ1) is 18.7. The van der Waals surface area contributed by atoms with Gasteiger partial charge in [0.25, 0.3) is 5.69 Å². The van der Waals surface area contributed by atoms with Crippen molar-refractivity contribution >= 4 is 23.4 Å². The normalized spacial score (nSPS) is 10.6. The van der Waals surface area contributed by atoms with E-state index >= 15 is 0 Å². The molecule has 0 aliphatic heterocycles. The van der Waals surface area contributed by atoms with Crippen LogP contribution in [0.25, 0.3) is 16.9 Å². The van der Waals surface area contributed by atoms with Crippen LogP contribution in [0.3, 0.4) is 0 Å². The molecule has 8 heteroatoms. The largest absolute Gasteiger partial charge is 0.358 e. The maximum atomic E-state index is 11.7. The SMILES string of the molecule is CNC(=O)CSc1ncc(-c2cccc([N+](=O)[O-])c2)n1-c1ccccc1C. The summed E-state index contributed by atoms with van der Waals surface area (Å²) in [4.78, 5) is 26.8. The summed E-state index contributed by atoms with van der Waals surface area (Å²) in [6.45, 7) is 1.99. The third kappa shape index (κ3) is 4.01. The van der Waals surface area contributed by atoms with Gasteiger partial charge < -0.3 is 5.32 Å². The molecule has 0 unspecified atom stereocenters. The van der Waals surface area contributed by atoms with Crippen molar-refractivity contribution in [2.75, 3.05) is 12.8 Å². The highest BCUT2D eigenvalue weighted by Gasteiger charge is 2.18. The molecule has 0 fully saturated rings. The second kappa shape index (κ2) is 8.05. The van der Waals surface area contributed by atoms with Crippen molar-refractivity contribution in [3.63, 3.8) is 0 Å². The number of para-hydroxylation sites is 1. The number of carbonyl (C=O) groups excluding carboxylic acids is 1. The molecular formula is C19H18N4O3S. The monoisotopic (exact) mass is 382 g/mol. The minimum absolute atomic E-state index is 0.0181. The zero-order valence-corrected chi connectivity index (χ0v) is 15.7. The van der Waals surface area contributed by atoms with Gasteiger partial charge >= 0.3 is 0 Å². The Bertz CT molecular complexity index is 1000. The van der Waals surface area contributed by atoms with Crippen molar-refractivity contribution in [2.24, 2.45) is 0 Å². The Balaban J connectivity index is 2.13. The minimum Gasteiger partial charge on any atom is -0.358 e. The standard InChI is InChI=1S/C19H18N4O3S/c1-13-6-3-4-9-16(13)22-17(11-21-19(22)27-12-18(24)20-2)14-7-5-8-15(10-14)23(25)26/h3-11H,12H2,1-2H3,(H,20,24). The number of nitro groups is 1. The summed E-state index contributed by atoms with van der Waals surface area (Å²) in [7, 11) is 1.59. The first-order chi connectivity index (χ1) is 13.0. The number of nitrogens with zero attached hydrogens (tertiary/aromatic N) is 3. The van der Waals surface area contributed by atoms with Crippen LogP contribution >= 0.6 is 11.8 Å². The Labute approximate surface area is 160 Å². The average molecular weight is 382 g/mol. The molecule has 1 aromatic heterocycles. The number of benzene rings is 2. The van der Waals surface area contributed by atoms with Crippen LogP contribution in [-0.2, 0) is 4.79 Å². The lowest BCUT2D eigenvalue weighted by molar-refractivity contribution is -0.384. The Kier molecular flexibility index (Phi) is 5.56. The zero-order valence-electron chi connectivity index (χ0n) is 14.9. The van der Waals surface area contributed by atoms with Crippen molar-refractivity contribution in [2.45, 2.75) is 12.1 Å².